The van der Waals surface area contributed by atoms with Crippen LogP contribution in [0.1, 0.15) is 5.01 Å². The third-order valence-electron chi connectivity index (χ3n) is 2.48. The summed E-state index contributed by atoms with van der Waals surface area (Å²) >= 11 is 1.15. The number of aromatic nitrogens is 4. The van der Waals surface area contributed by atoms with Crippen molar-refractivity contribution in [1.29, 1.82) is 0 Å². The van der Waals surface area contributed by atoms with Crippen LogP contribution in [0.4, 0.5) is 10.8 Å². The molecular weight excluding hydrogens is 288 g/mol. The highest BCUT2D eigenvalue weighted by Crippen LogP contribution is 2.14. The third-order valence-corrected chi connectivity index (χ3v) is 3.41. The molecule has 0 bridgehead atoms. The maximum absolute atomic E-state index is 11.9. The predicted molar refractivity (Wildman–Crippen MR) is 71.2 cm³/mol. The molecule has 0 atom stereocenters. The molecule has 11 heteroatoms. The standard InChI is InChI=1S/C9H10N6O4S/c1-10-8-12-11-6(20-8)4-14-7(16)5(15(18)19)3-13(2)9(14)17/h3H,4H2,1-2H3,(H,10,12). The predicted octanol–water partition coefficient (Wildman–Crippen LogP) is -0.603. The van der Waals surface area contributed by atoms with Crippen LogP contribution in [0.3, 0.4) is 0 Å². The molecule has 106 valence electrons. The number of rotatable bonds is 4. The van der Waals surface area contributed by atoms with Crippen molar-refractivity contribution in [2.75, 3.05) is 12.4 Å². The third kappa shape index (κ3) is 2.42. The van der Waals surface area contributed by atoms with Crippen LogP contribution >= 0.6 is 11.3 Å². The summed E-state index contributed by atoms with van der Waals surface area (Å²) in [6.45, 7) is -0.160. The fourth-order valence-corrected chi connectivity index (χ4v) is 2.21. The van der Waals surface area contributed by atoms with E-state index in [9.17, 15) is 19.7 Å². The van der Waals surface area contributed by atoms with E-state index < -0.39 is 21.9 Å². The lowest BCUT2D eigenvalue weighted by Gasteiger charge is -2.04. The van der Waals surface area contributed by atoms with Crippen molar-refractivity contribution in [2.45, 2.75) is 6.54 Å². The van der Waals surface area contributed by atoms with Gasteiger partial charge in [-0.3, -0.25) is 19.5 Å². The van der Waals surface area contributed by atoms with Gasteiger partial charge in [-0.1, -0.05) is 11.3 Å². The van der Waals surface area contributed by atoms with E-state index in [1.54, 1.807) is 7.05 Å². The maximum Gasteiger partial charge on any atom is 0.350 e. The van der Waals surface area contributed by atoms with Crippen molar-refractivity contribution in [3.63, 3.8) is 0 Å². The molecule has 0 aliphatic rings. The minimum Gasteiger partial charge on any atom is -0.363 e. The van der Waals surface area contributed by atoms with Gasteiger partial charge in [0.1, 0.15) is 5.01 Å². The molecular formula is C9H10N6O4S. The number of hydrogen-bond acceptors (Lipinski definition) is 8. The first-order valence-electron chi connectivity index (χ1n) is 5.39. The van der Waals surface area contributed by atoms with E-state index in [1.165, 1.54) is 7.05 Å². The number of anilines is 1. The normalized spacial score (nSPS) is 10.5. The van der Waals surface area contributed by atoms with E-state index in [4.69, 9.17) is 0 Å². The Labute approximate surface area is 115 Å². The van der Waals surface area contributed by atoms with Crippen LogP contribution in [0, 0.1) is 10.1 Å². The van der Waals surface area contributed by atoms with Gasteiger partial charge in [0, 0.05) is 14.1 Å². The van der Waals surface area contributed by atoms with E-state index >= 15 is 0 Å². The van der Waals surface area contributed by atoms with Gasteiger partial charge in [-0.15, -0.1) is 10.2 Å². The van der Waals surface area contributed by atoms with E-state index in [-0.39, 0.29) is 6.54 Å². The quantitative estimate of drug-likeness (QED) is 0.590. The first kappa shape index (κ1) is 13.9. The zero-order valence-corrected chi connectivity index (χ0v) is 11.4. The Morgan fingerprint density at radius 1 is 1.45 bits per heavy atom. The zero-order chi connectivity index (χ0) is 14.9. The average molecular weight is 298 g/mol. The minimum atomic E-state index is -0.959. The topological polar surface area (TPSA) is 125 Å². The van der Waals surface area contributed by atoms with Crippen LogP contribution in [0.2, 0.25) is 0 Å². The maximum atomic E-state index is 11.9. The van der Waals surface area contributed by atoms with Crippen molar-refractivity contribution in [2.24, 2.45) is 7.05 Å². The molecule has 0 unspecified atom stereocenters. The van der Waals surface area contributed by atoms with Gasteiger partial charge in [0.05, 0.1) is 17.7 Å². The average Bonchev–Trinajstić information content (AvgIpc) is 2.86. The van der Waals surface area contributed by atoms with Crippen LogP contribution in [-0.2, 0) is 13.6 Å². The number of aryl methyl sites for hydroxylation is 1. The molecule has 0 amide bonds. The molecule has 2 heterocycles. The van der Waals surface area contributed by atoms with E-state index in [1.807, 2.05) is 0 Å². The molecule has 20 heavy (non-hydrogen) atoms. The fraction of sp³-hybridized carbons (Fsp3) is 0.333. The van der Waals surface area contributed by atoms with Gasteiger partial charge in [0.15, 0.2) is 0 Å². The van der Waals surface area contributed by atoms with Crippen molar-refractivity contribution >= 4 is 22.2 Å². The lowest BCUT2D eigenvalue weighted by atomic mass is 10.5. The SMILES string of the molecule is CNc1nnc(Cn2c(=O)c([N+](=O)[O-])cn(C)c2=O)s1. The summed E-state index contributed by atoms with van der Waals surface area (Å²) < 4.78 is 1.75. The van der Waals surface area contributed by atoms with E-state index in [2.05, 4.69) is 15.5 Å². The molecule has 2 aromatic rings. The Balaban J connectivity index is 2.53. The summed E-state index contributed by atoms with van der Waals surface area (Å²) in [4.78, 5) is 33.8. The van der Waals surface area contributed by atoms with Gasteiger partial charge in [-0.05, 0) is 0 Å². The number of nitrogens with one attached hydrogen (secondary N) is 1. The summed E-state index contributed by atoms with van der Waals surface area (Å²) in [6, 6.07) is 0. The zero-order valence-electron chi connectivity index (χ0n) is 10.6. The van der Waals surface area contributed by atoms with Gasteiger partial charge >= 0.3 is 16.9 Å². The van der Waals surface area contributed by atoms with E-state index in [0.29, 0.717) is 10.1 Å². The number of nitro groups is 1. The Hall–Kier alpha value is -2.56. The molecule has 0 saturated heterocycles. The molecule has 0 spiro atoms. The smallest absolute Gasteiger partial charge is 0.350 e. The van der Waals surface area contributed by atoms with Crippen LogP contribution in [0.15, 0.2) is 15.8 Å². The second-order valence-corrected chi connectivity index (χ2v) is 4.87. The number of hydrogen-bond donors (Lipinski definition) is 1. The summed E-state index contributed by atoms with van der Waals surface area (Å²) in [5.74, 6) is 0. The van der Waals surface area contributed by atoms with Crippen LogP contribution in [0.5, 0.6) is 0 Å². The number of nitrogens with zero attached hydrogens (tertiary/aromatic N) is 5. The van der Waals surface area contributed by atoms with Crippen molar-refractivity contribution in [3.8, 4) is 0 Å². The molecule has 0 aromatic carbocycles. The van der Waals surface area contributed by atoms with Gasteiger partial charge in [0.2, 0.25) is 5.13 Å². The first-order chi connectivity index (χ1) is 9.43. The van der Waals surface area contributed by atoms with Crippen molar-refractivity contribution in [1.82, 2.24) is 19.3 Å². The lowest BCUT2D eigenvalue weighted by Crippen LogP contribution is -2.39. The summed E-state index contributed by atoms with van der Waals surface area (Å²) in [5.41, 5.74) is -2.27. The second-order valence-electron chi connectivity index (χ2n) is 3.81. The van der Waals surface area contributed by atoms with Crippen LogP contribution < -0.4 is 16.6 Å². The van der Waals surface area contributed by atoms with Crippen LogP contribution in [0.25, 0.3) is 0 Å². The summed E-state index contributed by atoms with van der Waals surface area (Å²) in [7, 11) is 2.99. The molecule has 10 nitrogen and oxygen atoms in total. The minimum absolute atomic E-state index is 0.160. The second kappa shape index (κ2) is 5.21. The Morgan fingerprint density at radius 3 is 2.70 bits per heavy atom. The van der Waals surface area contributed by atoms with Gasteiger partial charge in [0.25, 0.3) is 0 Å². The molecule has 2 aromatic heterocycles. The monoisotopic (exact) mass is 298 g/mol. The van der Waals surface area contributed by atoms with Crippen molar-refractivity contribution < 1.29 is 4.92 Å². The fourth-order valence-electron chi connectivity index (χ4n) is 1.53. The lowest BCUT2D eigenvalue weighted by molar-refractivity contribution is -0.387. The highest BCUT2D eigenvalue weighted by atomic mass is 32.1. The Morgan fingerprint density at radius 2 is 2.15 bits per heavy atom. The Bertz CT molecular complexity index is 775. The molecule has 0 fully saturated rings. The van der Waals surface area contributed by atoms with Gasteiger partial charge in [-0.2, -0.15) is 0 Å². The van der Waals surface area contributed by atoms with E-state index in [0.717, 1.165) is 26.7 Å². The van der Waals surface area contributed by atoms with Gasteiger partial charge in [-0.25, -0.2) is 9.36 Å². The van der Waals surface area contributed by atoms with Crippen LogP contribution in [-0.4, -0.2) is 31.3 Å². The largest absolute Gasteiger partial charge is 0.363 e. The molecule has 0 aliphatic heterocycles. The van der Waals surface area contributed by atoms with Crippen molar-refractivity contribution in [3.05, 3.63) is 42.2 Å². The highest BCUT2D eigenvalue weighted by molar-refractivity contribution is 7.15. The summed E-state index contributed by atoms with van der Waals surface area (Å²) in [5, 5.41) is 22.0. The highest BCUT2D eigenvalue weighted by Gasteiger charge is 2.19. The molecule has 0 radical (unpaired) electrons. The molecule has 0 saturated carbocycles. The molecule has 0 aliphatic carbocycles. The Kier molecular flexibility index (Phi) is 3.61. The molecule has 1 N–H and O–H groups in total. The first-order valence-corrected chi connectivity index (χ1v) is 6.20. The summed E-state index contributed by atoms with van der Waals surface area (Å²) in [6.07, 6.45) is 0.903. The van der Waals surface area contributed by atoms with Gasteiger partial charge < -0.3 is 5.32 Å². The molecule has 2 rings (SSSR count).